The average Bonchev–Trinajstić information content (AvgIpc) is 3.30. The van der Waals surface area contributed by atoms with Crippen LogP contribution in [0.3, 0.4) is 0 Å². The molecular weight excluding hydrogens is 334 g/mol. The third-order valence-electron chi connectivity index (χ3n) is 3.89. The van der Waals surface area contributed by atoms with Crippen LogP contribution >= 0.6 is 11.3 Å². The van der Waals surface area contributed by atoms with E-state index in [-0.39, 0.29) is 11.6 Å². The Kier molecular flexibility index (Phi) is 3.99. The number of rotatable bonds is 4. The normalized spacial score (nSPS) is 10.9. The topological polar surface area (TPSA) is 72.7 Å². The second-order valence-corrected chi connectivity index (χ2v) is 6.70. The number of aromatic nitrogens is 4. The second-order valence-electron chi connectivity index (χ2n) is 5.66. The van der Waals surface area contributed by atoms with Crippen LogP contribution < -0.4 is 5.32 Å². The van der Waals surface area contributed by atoms with Crippen molar-refractivity contribution in [1.29, 1.82) is 0 Å². The van der Waals surface area contributed by atoms with Crippen LogP contribution in [0.15, 0.2) is 54.2 Å². The molecule has 0 aliphatic carbocycles. The molecule has 1 aromatic carbocycles. The maximum absolute atomic E-state index is 12.5. The number of nitrogens with one attached hydrogen (secondary N) is 1. The zero-order chi connectivity index (χ0) is 17.2. The molecule has 124 valence electrons. The van der Waals surface area contributed by atoms with Gasteiger partial charge in [0.15, 0.2) is 5.69 Å². The van der Waals surface area contributed by atoms with E-state index >= 15 is 0 Å². The molecule has 0 atom stereocenters. The van der Waals surface area contributed by atoms with Gasteiger partial charge in [-0.25, -0.2) is 4.68 Å². The molecular formula is C18H15N5OS. The van der Waals surface area contributed by atoms with Crippen molar-refractivity contribution in [2.75, 3.05) is 5.32 Å². The van der Waals surface area contributed by atoms with Crippen LogP contribution in [-0.2, 0) is 6.54 Å². The molecule has 0 unspecified atom stereocenters. The highest BCUT2D eigenvalue weighted by molar-refractivity contribution is 7.09. The molecule has 1 amide bonds. The van der Waals surface area contributed by atoms with Crippen LogP contribution in [0.5, 0.6) is 0 Å². The number of aryl methyl sites for hydroxylation is 1. The molecule has 4 aromatic rings. The van der Waals surface area contributed by atoms with Crippen molar-refractivity contribution in [1.82, 2.24) is 20.0 Å². The highest BCUT2D eigenvalue weighted by atomic mass is 32.1. The Morgan fingerprint density at radius 3 is 3.00 bits per heavy atom. The standard InChI is InChI=1S/C18H15N5OS/c1-12-6-7-15(14-5-2-8-19-17(12)14)20-18(24)16-11-23(22-21-16)10-13-4-3-9-25-13/h2-9,11H,10H2,1H3,(H,20,24). The van der Waals surface area contributed by atoms with E-state index in [1.54, 1.807) is 28.4 Å². The lowest BCUT2D eigenvalue weighted by molar-refractivity contribution is 0.102. The molecule has 4 rings (SSSR count). The molecule has 3 aromatic heterocycles. The number of benzene rings is 1. The van der Waals surface area contributed by atoms with Gasteiger partial charge >= 0.3 is 0 Å². The first-order valence-corrected chi connectivity index (χ1v) is 8.67. The van der Waals surface area contributed by atoms with Crippen molar-refractivity contribution in [3.05, 3.63) is 70.3 Å². The molecule has 0 spiro atoms. The molecule has 0 saturated carbocycles. The first-order valence-electron chi connectivity index (χ1n) is 7.79. The van der Waals surface area contributed by atoms with Crippen molar-refractivity contribution < 1.29 is 4.79 Å². The summed E-state index contributed by atoms with van der Waals surface area (Å²) in [4.78, 5) is 18.1. The summed E-state index contributed by atoms with van der Waals surface area (Å²) in [7, 11) is 0. The van der Waals surface area contributed by atoms with Crippen LogP contribution in [0.4, 0.5) is 5.69 Å². The first-order chi connectivity index (χ1) is 12.2. The van der Waals surface area contributed by atoms with E-state index in [9.17, 15) is 4.79 Å². The average molecular weight is 349 g/mol. The molecule has 0 fully saturated rings. The van der Waals surface area contributed by atoms with Crippen molar-refractivity contribution in [3.8, 4) is 0 Å². The number of carbonyl (C=O) groups is 1. The maximum Gasteiger partial charge on any atom is 0.277 e. The number of pyridine rings is 1. The van der Waals surface area contributed by atoms with E-state index in [1.165, 1.54) is 0 Å². The zero-order valence-corrected chi connectivity index (χ0v) is 14.3. The predicted molar refractivity (Wildman–Crippen MR) is 97.9 cm³/mol. The summed E-state index contributed by atoms with van der Waals surface area (Å²) >= 11 is 1.64. The fourth-order valence-corrected chi connectivity index (χ4v) is 3.35. The molecule has 1 N–H and O–H groups in total. The fraction of sp³-hybridized carbons (Fsp3) is 0.111. The summed E-state index contributed by atoms with van der Waals surface area (Å²) in [6.07, 6.45) is 3.40. The minimum atomic E-state index is -0.286. The summed E-state index contributed by atoms with van der Waals surface area (Å²) < 4.78 is 1.66. The van der Waals surface area contributed by atoms with Gasteiger partial charge in [-0.05, 0) is 42.1 Å². The lowest BCUT2D eigenvalue weighted by Crippen LogP contribution is -2.13. The highest BCUT2D eigenvalue weighted by Gasteiger charge is 2.13. The summed E-state index contributed by atoms with van der Waals surface area (Å²) in [6, 6.07) is 11.6. The third kappa shape index (κ3) is 3.14. The number of nitrogens with zero attached hydrogens (tertiary/aromatic N) is 4. The van der Waals surface area contributed by atoms with Crippen molar-refractivity contribution in [2.24, 2.45) is 0 Å². The second kappa shape index (κ2) is 6.45. The number of hydrogen-bond acceptors (Lipinski definition) is 5. The Labute approximate surface area is 148 Å². The highest BCUT2D eigenvalue weighted by Crippen LogP contribution is 2.24. The van der Waals surface area contributed by atoms with E-state index < -0.39 is 0 Å². The summed E-state index contributed by atoms with van der Waals surface area (Å²) in [5.74, 6) is -0.286. The van der Waals surface area contributed by atoms with Crippen molar-refractivity contribution >= 4 is 33.8 Å². The summed E-state index contributed by atoms with van der Waals surface area (Å²) in [5.41, 5.74) is 2.94. The van der Waals surface area contributed by atoms with Gasteiger partial charge in [0.2, 0.25) is 0 Å². The summed E-state index contributed by atoms with van der Waals surface area (Å²) in [5, 5.41) is 13.8. The van der Waals surface area contributed by atoms with Crippen LogP contribution in [0.25, 0.3) is 10.9 Å². The van der Waals surface area contributed by atoms with Gasteiger partial charge in [-0.2, -0.15) is 0 Å². The Morgan fingerprint density at radius 2 is 2.16 bits per heavy atom. The Morgan fingerprint density at radius 1 is 1.24 bits per heavy atom. The van der Waals surface area contributed by atoms with Gasteiger partial charge in [0.1, 0.15) is 0 Å². The molecule has 25 heavy (non-hydrogen) atoms. The number of amides is 1. The quantitative estimate of drug-likeness (QED) is 0.612. The largest absolute Gasteiger partial charge is 0.320 e. The van der Waals surface area contributed by atoms with Crippen LogP contribution in [-0.4, -0.2) is 25.9 Å². The van der Waals surface area contributed by atoms with E-state index in [4.69, 9.17) is 0 Å². The molecule has 0 radical (unpaired) electrons. The maximum atomic E-state index is 12.5. The van der Waals surface area contributed by atoms with Gasteiger partial charge < -0.3 is 5.32 Å². The number of anilines is 1. The smallest absolute Gasteiger partial charge is 0.277 e. The number of thiophene rings is 1. The molecule has 6 nitrogen and oxygen atoms in total. The molecule has 7 heteroatoms. The van der Waals surface area contributed by atoms with Gasteiger partial charge in [-0.15, -0.1) is 16.4 Å². The minimum Gasteiger partial charge on any atom is -0.320 e. The molecule has 0 saturated heterocycles. The number of fused-ring (bicyclic) bond motifs is 1. The number of hydrogen-bond donors (Lipinski definition) is 1. The van der Waals surface area contributed by atoms with Gasteiger partial charge in [0, 0.05) is 16.5 Å². The van der Waals surface area contributed by atoms with Crippen LogP contribution in [0.1, 0.15) is 20.9 Å². The monoisotopic (exact) mass is 349 g/mol. The summed E-state index contributed by atoms with van der Waals surface area (Å²) in [6.45, 7) is 2.60. The molecule has 0 aliphatic rings. The zero-order valence-electron chi connectivity index (χ0n) is 13.5. The van der Waals surface area contributed by atoms with E-state index in [0.717, 1.165) is 21.3 Å². The minimum absolute atomic E-state index is 0.286. The lowest BCUT2D eigenvalue weighted by atomic mass is 10.1. The van der Waals surface area contributed by atoms with E-state index in [2.05, 4.69) is 20.6 Å². The van der Waals surface area contributed by atoms with Gasteiger partial charge in [0.25, 0.3) is 5.91 Å². The molecule has 0 aliphatic heterocycles. The SMILES string of the molecule is Cc1ccc(NC(=O)c2cn(Cc3cccs3)nn2)c2cccnc12. The number of carbonyl (C=O) groups excluding carboxylic acids is 1. The molecule has 3 heterocycles. The van der Waals surface area contributed by atoms with Crippen molar-refractivity contribution in [2.45, 2.75) is 13.5 Å². The Balaban J connectivity index is 1.57. The predicted octanol–water partition coefficient (Wildman–Crippen LogP) is 3.50. The van der Waals surface area contributed by atoms with Crippen LogP contribution in [0.2, 0.25) is 0 Å². The van der Waals surface area contributed by atoms with E-state index in [1.807, 2.05) is 48.7 Å². The first kappa shape index (κ1) is 15.5. The fourth-order valence-electron chi connectivity index (χ4n) is 2.65. The van der Waals surface area contributed by atoms with Gasteiger partial charge in [0.05, 0.1) is 23.9 Å². The lowest BCUT2D eigenvalue weighted by Gasteiger charge is -2.08. The van der Waals surface area contributed by atoms with Crippen molar-refractivity contribution in [3.63, 3.8) is 0 Å². The molecule has 0 bridgehead atoms. The Bertz CT molecular complexity index is 1040. The third-order valence-corrected chi connectivity index (χ3v) is 4.75. The van der Waals surface area contributed by atoms with Crippen LogP contribution in [0, 0.1) is 6.92 Å². The Hall–Kier alpha value is -3.06. The van der Waals surface area contributed by atoms with Gasteiger partial charge in [-0.1, -0.05) is 17.3 Å². The van der Waals surface area contributed by atoms with E-state index in [0.29, 0.717) is 12.2 Å². The van der Waals surface area contributed by atoms with Gasteiger partial charge in [-0.3, -0.25) is 9.78 Å².